The minimum atomic E-state index is -3.36. The summed E-state index contributed by atoms with van der Waals surface area (Å²) < 4.78 is 49.5. The highest BCUT2D eigenvalue weighted by molar-refractivity contribution is 5.70. The monoisotopic (exact) mass is 385 g/mol. The van der Waals surface area contributed by atoms with Crippen molar-refractivity contribution in [2.45, 2.75) is 18.4 Å². The molecule has 2 aromatic carbocycles. The lowest BCUT2D eigenvalue weighted by Crippen LogP contribution is -2.21. The fourth-order valence-electron chi connectivity index (χ4n) is 3.44. The zero-order valence-corrected chi connectivity index (χ0v) is 14.7. The summed E-state index contributed by atoms with van der Waals surface area (Å²) in [5, 5.41) is 14.3. The maximum absolute atomic E-state index is 14.3. The van der Waals surface area contributed by atoms with Gasteiger partial charge in [-0.3, -0.25) is 4.68 Å². The summed E-state index contributed by atoms with van der Waals surface area (Å²) in [5.41, 5.74) is 1.23. The Morgan fingerprint density at radius 3 is 2.75 bits per heavy atom. The maximum Gasteiger partial charge on any atom is 0.281 e. The van der Waals surface area contributed by atoms with E-state index >= 15 is 0 Å². The predicted molar refractivity (Wildman–Crippen MR) is 95.0 cm³/mol. The Balaban J connectivity index is 1.85. The van der Waals surface area contributed by atoms with Gasteiger partial charge in [-0.2, -0.15) is 5.10 Å². The third-order valence-corrected chi connectivity index (χ3v) is 4.71. The largest absolute Gasteiger partial charge is 0.458 e. The number of aryl methyl sites for hydroxylation is 1. The lowest BCUT2D eigenvalue weighted by atomic mass is 9.98. The van der Waals surface area contributed by atoms with Crippen LogP contribution in [-0.4, -0.2) is 20.8 Å². The van der Waals surface area contributed by atoms with Gasteiger partial charge in [-0.1, -0.05) is 0 Å². The van der Waals surface area contributed by atoms with E-state index in [-0.39, 0.29) is 28.3 Å². The van der Waals surface area contributed by atoms with Crippen molar-refractivity contribution in [1.82, 2.24) is 9.78 Å². The number of alkyl halides is 2. The van der Waals surface area contributed by atoms with Crippen LogP contribution in [0, 0.1) is 12.4 Å². The fraction of sp³-hybridized carbons (Fsp3) is 0.200. The summed E-state index contributed by atoms with van der Waals surface area (Å²) in [6, 6.07) is 8.16. The van der Waals surface area contributed by atoms with E-state index in [4.69, 9.17) is 11.3 Å². The Morgan fingerprint density at radius 2 is 2.07 bits per heavy atom. The molecule has 1 heterocycles. The Kier molecular flexibility index (Phi) is 4.12. The van der Waals surface area contributed by atoms with E-state index in [0.717, 1.165) is 12.1 Å². The van der Waals surface area contributed by atoms with E-state index in [0.29, 0.717) is 11.3 Å². The molecule has 1 aliphatic carbocycles. The molecule has 0 amide bonds. The Morgan fingerprint density at radius 1 is 1.29 bits per heavy atom. The quantitative estimate of drug-likeness (QED) is 0.660. The van der Waals surface area contributed by atoms with Gasteiger partial charge in [0.2, 0.25) is 0 Å². The summed E-state index contributed by atoms with van der Waals surface area (Å²) in [6.45, 7) is 7.01. The molecule has 142 valence electrons. The van der Waals surface area contributed by atoms with Crippen LogP contribution in [0.3, 0.4) is 0 Å². The average Bonchev–Trinajstić information content (AvgIpc) is 3.16. The molecule has 0 saturated carbocycles. The highest BCUT2D eigenvalue weighted by Gasteiger charge is 2.49. The molecule has 1 aliphatic rings. The zero-order valence-electron chi connectivity index (χ0n) is 14.7. The topological polar surface area (TPSA) is 51.6 Å². The summed E-state index contributed by atoms with van der Waals surface area (Å²) in [6.07, 6.45) is -1.18. The molecule has 1 N–H and O–H groups in total. The number of rotatable bonds is 3. The van der Waals surface area contributed by atoms with Crippen molar-refractivity contribution in [1.29, 1.82) is 0 Å². The second-order valence-corrected chi connectivity index (χ2v) is 6.54. The van der Waals surface area contributed by atoms with Crippen LogP contribution in [0.4, 0.5) is 18.9 Å². The normalized spacial score (nSPS) is 17.2. The van der Waals surface area contributed by atoms with Gasteiger partial charge in [0, 0.05) is 42.4 Å². The van der Waals surface area contributed by atoms with Crippen LogP contribution in [0.5, 0.6) is 11.5 Å². The zero-order chi connectivity index (χ0) is 20.1. The van der Waals surface area contributed by atoms with E-state index < -0.39 is 24.3 Å². The number of benzene rings is 2. The lowest BCUT2D eigenvalue weighted by molar-refractivity contribution is -0.0967. The number of ether oxygens (including phenoxy) is 1. The van der Waals surface area contributed by atoms with Crippen LogP contribution in [0.2, 0.25) is 0 Å². The second kappa shape index (κ2) is 6.39. The number of nitrogens with zero attached hydrogens (tertiary/aromatic N) is 3. The first kappa shape index (κ1) is 18.1. The van der Waals surface area contributed by atoms with Crippen LogP contribution in [-0.2, 0) is 13.5 Å². The van der Waals surface area contributed by atoms with Gasteiger partial charge < -0.3 is 9.84 Å². The van der Waals surface area contributed by atoms with Gasteiger partial charge in [0.15, 0.2) is 5.69 Å². The molecular weight excluding hydrogens is 371 g/mol. The summed E-state index contributed by atoms with van der Waals surface area (Å²) in [4.78, 5) is 3.16. The number of fused-ring (bicyclic) bond motifs is 1. The molecule has 0 fully saturated rings. The number of aliphatic hydroxyl groups is 1. The van der Waals surface area contributed by atoms with Gasteiger partial charge in [-0.05, 0) is 30.3 Å². The highest BCUT2D eigenvalue weighted by atomic mass is 19.3. The molecule has 1 aromatic heterocycles. The molecule has 0 saturated heterocycles. The van der Waals surface area contributed by atoms with Gasteiger partial charge >= 0.3 is 0 Å². The third kappa shape index (κ3) is 2.90. The van der Waals surface area contributed by atoms with Crippen molar-refractivity contribution < 1.29 is 23.0 Å². The molecule has 28 heavy (non-hydrogen) atoms. The highest BCUT2D eigenvalue weighted by Crippen LogP contribution is 2.50. The van der Waals surface area contributed by atoms with Gasteiger partial charge in [0.05, 0.1) is 12.3 Å². The number of aromatic nitrogens is 2. The molecule has 0 radical (unpaired) electrons. The van der Waals surface area contributed by atoms with Crippen molar-refractivity contribution in [2.75, 3.05) is 0 Å². The smallest absolute Gasteiger partial charge is 0.281 e. The number of hydrogen-bond donors (Lipinski definition) is 1. The van der Waals surface area contributed by atoms with E-state index in [9.17, 15) is 18.3 Å². The SMILES string of the molecule is [C-]#[N+]c1cc(F)cc(Oc2ccc(-c3ccnn3C)c3c2CC(F)(F)[C@H]3O)c1. The van der Waals surface area contributed by atoms with Crippen molar-refractivity contribution >= 4 is 5.69 Å². The van der Waals surface area contributed by atoms with Gasteiger partial charge in [0.1, 0.15) is 23.4 Å². The fourth-order valence-corrected chi connectivity index (χ4v) is 3.44. The standard InChI is InChI=1S/C20H14F3N3O2/c1-24-12-7-11(21)8-13(9-12)28-17-4-3-14(16-5-6-25-26(16)2)18-15(17)10-20(22,23)19(18)27/h3-9,19,27H,10H2,2H3/t19-/m0/s1. The van der Waals surface area contributed by atoms with Crippen LogP contribution in [0.25, 0.3) is 16.1 Å². The third-order valence-electron chi connectivity index (χ3n) is 4.71. The van der Waals surface area contributed by atoms with Crippen molar-refractivity contribution in [2.24, 2.45) is 7.05 Å². The second-order valence-electron chi connectivity index (χ2n) is 6.54. The molecule has 1 atom stereocenters. The number of hydrogen-bond acceptors (Lipinski definition) is 3. The predicted octanol–water partition coefficient (Wildman–Crippen LogP) is 4.79. The number of aliphatic hydroxyl groups excluding tert-OH is 1. The van der Waals surface area contributed by atoms with E-state index in [2.05, 4.69) is 9.94 Å². The molecule has 5 nitrogen and oxygen atoms in total. The molecule has 4 rings (SSSR count). The lowest BCUT2D eigenvalue weighted by Gasteiger charge is -2.17. The van der Waals surface area contributed by atoms with Crippen LogP contribution in [0.15, 0.2) is 42.6 Å². The molecule has 8 heteroatoms. The van der Waals surface area contributed by atoms with E-state index in [1.165, 1.54) is 23.0 Å². The minimum absolute atomic E-state index is 0.0196. The minimum Gasteiger partial charge on any atom is -0.458 e. The van der Waals surface area contributed by atoms with Gasteiger partial charge in [-0.25, -0.2) is 18.0 Å². The summed E-state index contributed by atoms with van der Waals surface area (Å²) in [5.74, 6) is -3.93. The van der Waals surface area contributed by atoms with E-state index in [1.807, 2.05) is 0 Å². The molecular formula is C20H14F3N3O2. The van der Waals surface area contributed by atoms with Crippen LogP contribution in [0.1, 0.15) is 17.2 Å². The van der Waals surface area contributed by atoms with Crippen molar-refractivity contribution in [3.8, 4) is 22.8 Å². The van der Waals surface area contributed by atoms with E-state index in [1.54, 1.807) is 19.2 Å². The Labute approximate surface area is 158 Å². The van der Waals surface area contributed by atoms with Crippen LogP contribution >= 0.6 is 0 Å². The summed E-state index contributed by atoms with van der Waals surface area (Å²) in [7, 11) is 1.67. The number of halogens is 3. The summed E-state index contributed by atoms with van der Waals surface area (Å²) >= 11 is 0. The molecule has 0 bridgehead atoms. The van der Waals surface area contributed by atoms with Crippen molar-refractivity contribution in [3.63, 3.8) is 0 Å². The molecule has 0 unspecified atom stereocenters. The molecule has 0 spiro atoms. The van der Waals surface area contributed by atoms with Crippen molar-refractivity contribution in [3.05, 3.63) is 71.0 Å². The van der Waals surface area contributed by atoms with Gasteiger partial charge in [0.25, 0.3) is 5.92 Å². The molecule has 3 aromatic rings. The average molecular weight is 385 g/mol. The van der Waals surface area contributed by atoms with Gasteiger partial charge in [-0.15, -0.1) is 0 Å². The van der Waals surface area contributed by atoms with Crippen LogP contribution < -0.4 is 4.74 Å². The first-order valence-electron chi connectivity index (χ1n) is 8.36. The maximum atomic E-state index is 14.3. The Bertz CT molecular complexity index is 1120. The Hall–Kier alpha value is -3.31. The molecule has 0 aliphatic heterocycles. The first-order valence-corrected chi connectivity index (χ1v) is 8.36. The first-order chi connectivity index (χ1) is 13.3.